The maximum Gasteiger partial charge on any atom is 0.269 e. The number of carbonyl (C=O) groups excluding carboxylic acids is 2. The second-order valence-electron chi connectivity index (χ2n) is 7.50. The van der Waals surface area contributed by atoms with Crippen molar-refractivity contribution in [3.8, 4) is 5.75 Å². The Morgan fingerprint density at radius 1 is 1.36 bits per heavy atom. The standard InChI is InChI=1S/C20H24N4O4/c1-23-17(6-9-22-23)18(26)21-8-5-15-7-10-28-20(15)12-24(13-20)19(27)14-3-2-4-16(25)11-14/h2-4,6,9,11,15,25H,5,7-8,10,12-13H2,1H3,(H,21,26)/t15-/m0/s1. The predicted molar refractivity (Wildman–Crippen MR) is 101 cm³/mol. The number of aromatic hydroxyl groups is 1. The van der Waals surface area contributed by atoms with E-state index in [1.54, 1.807) is 47.1 Å². The lowest BCUT2D eigenvalue weighted by Gasteiger charge is -2.50. The number of nitrogens with zero attached hydrogens (tertiary/aromatic N) is 3. The van der Waals surface area contributed by atoms with Crippen molar-refractivity contribution in [2.45, 2.75) is 18.4 Å². The monoisotopic (exact) mass is 384 g/mol. The summed E-state index contributed by atoms with van der Waals surface area (Å²) >= 11 is 0. The Bertz CT molecular complexity index is 888. The van der Waals surface area contributed by atoms with Crippen LogP contribution in [0.15, 0.2) is 36.5 Å². The van der Waals surface area contributed by atoms with Gasteiger partial charge in [-0.15, -0.1) is 0 Å². The molecule has 1 atom stereocenters. The Kier molecular flexibility index (Phi) is 4.80. The molecule has 0 bridgehead atoms. The van der Waals surface area contributed by atoms with Gasteiger partial charge in [-0.05, 0) is 43.0 Å². The predicted octanol–water partition coefficient (Wildman–Crippen LogP) is 1.18. The molecule has 2 aliphatic heterocycles. The maximum atomic E-state index is 12.6. The molecule has 1 aromatic heterocycles. The molecule has 8 nitrogen and oxygen atoms in total. The van der Waals surface area contributed by atoms with Crippen molar-refractivity contribution in [2.75, 3.05) is 26.2 Å². The lowest BCUT2D eigenvalue weighted by atomic mass is 9.78. The molecule has 2 fully saturated rings. The van der Waals surface area contributed by atoms with Crippen LogP contribution in [0.1, 0.15) is 33.7 Å². The molecule has 148 valence electrons. The number of ether oxygens (including phenoxy) is 1. The summed E-state index contributed by atoms with van der Waals surface area (Å²) in [6.45, 7) is 2.32. The smallest absolute Gasteiger partial charge is 0.269 e. The quantitative estimate of drug-likeness (QED) is 0.807. The van der Waals surface area contributed by atoms with E-state index >= 15 is 0 Å². The average molecular weight is 384 g/mol. The third-order valence-corrected chi connectivity index (χ3v) is 5.73. The molecule has 2 N–H and O–H groups in total. The number of hydrogen-bond donors (Lipinski definition) is 2. The third-order valence-electron chi connectivity index (χ3n) is 5.73. The molecule has 0 radical (unpaired) electrons. The molecule has 2 amide bonds. The van der Waals surface area contributed by atoms with E-state index in [-0.39, 0.29) is 23.2 Å². The normalized spacial score (nSPS) is 20.2. The maximum absolute atomic E-state index is 12.6. The number of likely N-dealkylation sites (tertiary alicyclic amines) is 1. The van der Waals surface area contributed by atoms with E-state index < -0.39 is 0 Å². The minimum Gasteiger partial charge on any atom is -0.508 e. The first-order valence-corrected chi connectivity index (χ1v) is 9.47. The van der Waals surface area contributed by atoms with Crippen molar-refractivity contribution in [3.63, 3.8) is 0 Å². The zero-order valence-electron chi connectivity index (χ0n) is 15.8. The Hall–Kier alpha value is -2.87. The van der Waals surface area contributed by atoms with E-state index in [0.717, 1.165) is 12.8 Å². The molecular formula is C20H24N4O4. The van der Waals surface area contributed by atoms with E-state index in [1.165, 1.54) is 6.07 Å². The van der Waals surface area contributed by atoms with Gasteiger partial charge in [0.15, 0.2) is 0 Å². The van der Waals surface area contributed by atoms with Gasteiger partial charge >= 0.3 is 0 Å². The average Bonchev–Trinajstić information content (AvgIpc) is 3.26. The highest BCUT2D eigenvalue weighted by atomic mass is 16.5. The zero-order valence-corrected chi connectivity index (χ0v) is 15.8. The zero-order chi connectivity index (χ0) is 19.7. The summed E-state index contributed by atoms with van der Waals surface area (Å²) in [5.41, 5.74) is 0.695. The number of phenols is 1. The van der Waals surface area contributed by atoms with Gasteiger partial charge in [-0.3, -0.25) is 14.3 Å². The molecule has 1 aromatic carbocycles. The first kappa shape index (κ1) is 18.5. The van der Waals surface area contributed by atoms with Crippen molar-refractivity contribution in [3.05, 3.63) is 47.8 Å². The second-order valence-corrected chi connectivity index (χ2v) is 7.50. The number of aryl methyl sites for hydroxylation is 1. The topological polar surface area (TPSA) is 96.7 Å². The van der Waals surface area contributed by atoms with Crippen molar-refractivity contribution >= 4 is 11.8 Å². The summed E-state index contributed by atoms with van der Waals surface area (Å²) < 4.78 is 7.56. The van der Waals surface area contributed by atoms with Crippen LogP contribution in [0, 0.1) is 5.92 Å². The molecule has 2 saturated heterocycles. The highest BCUT2D eigenvalue weighted by molar-refractivity contribution is 5.95. The van der Waals surface area contributed by atoms with E-state index in [2.05, 4.69) is 10.4 Å². The molecule has 4 rings (SSSR count). The molecular weight excluding hydrogens is 360 g/mol. The summed E-state index contributed by atoms with van der Waals surface area (Å²) in [6, 6.07) is 8.08. The van der Waals surface area contributed by atoms with Crippen LogP contribution in [0.4, 0.5) is 0 Å². The van der Waals surface area contributed by atoms with Gasteiger partial charge in [-0.2, -0.15) is 5.10 Å². The van der Waals surface area contributed by atoms with Crippen molar-refractivity contribution < 1.29 is 19.4 Å². The number of aromatic nitrogens is 2. The summed E-state index contributed by atoms with van der Waals surface area (Å²) in [4.78, 5) is 26.5. The summed E-state index contributed by atoms with van der Waals surface area (Å²) in [5.74, 6) is 0.148. The molecule has 8 heteroatoms. The fourth-order valence-corrected chi connectivity index (χ4v) is 4.15. The largest absolute Gasteiger partial charge is 0.508 e. The first-order valence-electron chi connectivity index (χ1n) is 9.47. The highest BCUT2D eigenvalue weighted by Crippen LogP contribution is 2.42. The van der Waals surface area contributed by atoms with Gasteiger partial charge in [0.05, 0.1) is 13.1 Å². The lowest BCUT2D eigenvalue weighted by molar-refractivity contribution is -0.117. The van der Waals surface area contributed by atoms with Crippen LogP contribution < -0.4 is 5.32 Å². The third kappa shape index (κ3) is 3.35. The number of carbonyl (C=O) groups is 2. The molecule has 3 heterocycles. The van der Waals surface area contributed by atoms with Crippen LogP contribution in [0.2, 0.25) is 0 Å². The van der Waals surface area contributed by atoms with Crippen molar-refractivity contribution in [1.29, 1.82) is 0 Å². The number of rotatable bonds is 5. The summed E-state index contributed by atoms with van der Waals surface area (Å²) in [7, 11) is 1.74. The van der Waals surface area contributed by atoms with Gasteiger partial charge in [0.1, 0.15) is 17.0 Å². The Morgan fingerprint density at radius 2 is 2.18 bits per heavy atom. The van der Waals surface area contributed by atoms with Gasteiger partial charge < -0.3 is 20.1 Å². The molecule has 28 heavy (non-hydrogen) atoms. The molecule has 0 saturated carbocycles. The van der Waals surface area contributed by atoms with Gasteiger partial charge in [0, 0.05) is 32.0 Å². The fourth-order valence-electron chi connectivity index (χ4n) is 4.15. The van der Waals surface area contributed by atoms with Crippen LogP contribution in [0.5, 0.6) is 5.75 Å². The number of phenolic OH excluding ortho intramolecular Hbond substituents is 1. The number of nitrogens with one attached hydrogen (secondary N) is 1. The highest BCUT2D eigenvalue weighted by Gasteiger charge is 2.54. The van der Waals surface area contributed by atoms with Crippen LogP contribution in [0.25, 0.3) is 0 Å². The summed E-state index contributed by atoms with van der Waals surface area (Å²) in [6.07, 6.45) is 3.33. The summed E-state index contributed by atoms with van der Waals surface area (Å²) in [5, 5.41) is 16.5. The van der Waals surface area contributed by atoms with E-state index in [1.807, 2.05) is 0 Å². The first-order chi connectivity index (χ1) is 13.5. The Balaban J connectivity index is 1.30. The minimum absolute atomic E-state index is 0.0836. The van der Waals surface area contributed by atoms with E-state index in [0.29, 0.717) is 43.4 Å². The van der Waals surface area contributed by atoms with E-state index in [4.69, 9.17) is 4.74 Å². The molecule has 2 aromatic rings. The number of hydrogen-bond acceptors (Lipinski definition) is 5. The molecule has 0 aliphatic carbocycles. The van der Waals surface area contributed by atoms with Gasteiger partial charge in [0.25, 0.3) is 11.8 Å². The van der Waals surface area contributed by atoms with Crippen LogP contribution in [-0.4, -0.2) is 63.4 Å². The Morgan fingerprint density at radius 3 is 2.89 bits per heavy atom. The van der Waals surface area contributed by atoms with Gasteiger partial charge in [-0.1, -0.05) is 6.07 Å². The number of amides is 2. The fraction of sp³-hybridized carbons (Fsp3) is 0.450. The van der Waals surface area contributed by atoms with Gasteiger partial charge in [-0.25, -0.2) is 0 Å². The number of benzene rings is 1. The van der Waals surface area contributed by atoms with Crippen LogP contribution >= 0.6 is 0 Å². The van der Waals surface area contributed by atoms with E-state index in [9.17, 15) is 14.7 Å². The molecule has 1 spiro atoms. The van der Waals surface area contributed by atoms with Crippen molar-refractivity contribution in [2.24, 2.45) is 13.0 Å². The van der Waals surface area contributed by atoms with Crippen LogP contribution in [-0.2, 0) is 11.8 Å². The molecule has 2 aliphatic rings. The van der Waals surface area contributed by atoms with Gasteiger partial charge in [0.2, 0.25) is 0 Å². The van der Waals surface area contributed by atoms with Crippen molar-refractivity contribution in [1.82, 2.24) is 20.0 Å². The minimum atomic E-state index is -0.316. The molecule has 0 unspecified atom stereocenters. The Labute approximate surface area is 163 Å². The SMILES string of the molecule is Cn1nccc1C(=O)NCC[C@H]1CCOC12CN(C(=O)c1cccc(O)c1)C2. The lowest BCUT2D eigenvalue weighted by Crippen LogP contribution is -2.66. The van der Waals surface area contributed by atoms with Crippen LogP contribution in [0.3, 0.4) is 0 Å². The second kappa shape index (κ2) is 7.27.